The standard InChI is InChI=1S/C10H13N3O/c1-7(14)13-6-8-3-2-4-9(5-8)10(11)12/h2-5H,6H2,1H3,(H3,11,12)(H,13,14). The van der Waals surface area contributed by atoms with Crippen LogP contribution in [0.1, 0.15) is 18.1 Å². The first-order valence-corrected chi connectivity index (χ1v) is 4.27. The van der Waals surface area contributed by atoms with Crippen molar-refractivity contribution in [3.8, 4) is 0 Å². The minimum absolute atomic E-state index is 0.0367. The van der Waals surface area contributed by atoms with E-state index in [1.54, 1.807) is 12.1 Å². The molecule has 0 spiro atoms. The highest BCUT2D eigenvalue weighted by molar-refractivity contribution is 5.95. The van der Waals surface area contributed by atoms with Crippen LogP contribution >= 0.6 is 0 Å². The summed E-state index contributed by atoms with van der Waals surface area (Å²) in [5.41, 5.74) is 6.95. The number of hydrogen-bond donors (Lipinski definition) is 3. The number of amidine groups is 1. The molecule has 0 saturated carbocycles. The minimum atomic E-state index is -0.0711. The van der Waals surface area contributed by atoms with E-state index in [0.29, 0.717) is 12.1 Å². The molecule has 0 radical (unpaired) electrons. The van der Waals surface area contributed by atoms with E-state index in [1.165, 1.54) is 6.92 Å². The Morgan fingerprint density at radius 1 is 1.57 bits per heavy atom. The van der Waals surface area contributed by atoms with Crippen molar-refractivity contribution in [3.05, 3.63) is 35.4 Å². The fourth-order valence-electron chi connectivity index (χ4n) is 1.08. The number of hydrogen-bond acceptors (Lipinski definition) is 2. The summed E-state index contributed by atoms with van der Waals surface area (Å²) in [6.45, 7) is 1.94. The van der Waals surface area contributed by atoms with E-state index in [9.17, 15) is 4.79 Å². The minimum Gasteiger partial charge on any atom is -0.384 e. The Hall–Kier alpha value is -1.84. The molecular weight excluding hydrogens is 178 g/mol. The number of amides is 1. The van der Waals surface area contributed by atoms with Crippen LogP contribution in [0.5, 0.6) is 0 Å². The van der Waals surface area contributed by atoms with Crippen LogP contribution in [-0.4, -0.2) is 11.7 Å². The van der Waals surface area contributed by atoms with Gasteiger partial charge in [0.25, 0.3) is 0 Å². The monoisotopic (exact) mass is 191 g/mol. The van der Waals surface area contributed by atoms with E-state index in [4.69, 9.17) is 11.1 Å². The molecule has 1 aromatic rings. The predicted octanol–water partition coefficient (Wildman–Crippen LogP) is 0.607. The second kappa shape index (κ2) is 4.41. The van der Waals surface area contributed by atoms with Gasteiger partial charge in [-0.3, -0.25) is 10.2 Å². The second-order valence-corrected chi connectivity index (χ2v) is 3.02. The van der Waals surface area contributed by atoms with Crippen LogP contribution < -0.4 is 11.1 Å². The van der Waals surface area contributed by atoms with Gasteiger partial charge in [0, 0.05) is 19.0 Å². The summed E-state index contributed by atoms with van der Waals surface area (Å²) in [6.07, 6.45) is 0. The van der Waals surface area contributed by atoms with Crippen LogP contribution in [-0.2, 0) is 11.3 Å². The number of rotatable bonds is 3. The summed E-state index contributed by atoms with van der Waals surface area (Å²) in [4.78, 5) is 10.7. The van der Waals surface area contributed by atoms with Crippen molar-refractivity contribution in [2.24, 2.45) is 5.73 Å². The SMILES string of the molecule is CC(=O)NCc1cccc(C(=N)N)c1. The molecule has 0 aliphatic carbocycles. The maximum absolute atomic E-state index is 10.7. The van der Waals surface area contributed by atoms with Gasteiger partial charge in [-0.15, -0.1) is 0 Å². The lowest BCUT2D eigenvalue weighted by molar-refractivity contribution is -0.119. The molecule has 14 heavy (non-hydrogen) atoms. The van der Waals surface area contributed by atoms with Crippen molar-refractivity contribution in [1.29, 1.82) is 5.41 Å². The van der Waals surface area contributed by atoms with E-state index in [2.05, 4.69) is 5.32 Å². The molecule has 0 bridgehead atoms. The van der Waals surface area contributed by atoms with Crippen molar-refractivity contribution in [3.63, 3.8) is 0 Å². The molecule has 74 valence electrons. The summed E-state index contributed by atoms with van der Waals surface area (Å²) in [7, 11) is 0. The molecule has 0 aromatic heterocycles. The second-order valence-electron chi connectivity index (χ2n) is 3.02. The fourth-order valence-corrected chi connectivity index (χ4v) is 1.08. The van der Waals surface area contributed by atoms with E-state index in [1.807, 2.05) is 12.1 Å². The average Bonchev–Trinajstić information content (AvgIpc) is 2.15. The Morgan fingerprint density at radius 2 is 2.29 bits per heavy atom. The van der Waals surface area contributed by atoms with Crippen LogP contribution in [0, 0.1) is 5.41 Å². The van der Waals surface area contributed by atoms with Crippen LogP contribution in [0.3, 0.4) is 0 Å². The molecule has 0 unspecified atom stereocenters. The third-order valence-electron chi connectivity index (χ3n) is 1.78. The van der Waals surface area contributed by atoms with Gasteiger partial charge < -0.3 is 11.1 Å². The molecule has 0 aliphatic heterocycles. The van der Waals surface area contributed by atoms with Crippen LogP contribution in [0.4, 0.5) is 0 Å². The lowest BCUT2D eigenvalue weighted by Crippen LogP contribution is -2.19. The molecular formula is C10H13N3O. The molecule has 1 amide bonds. The number of nitrogens with two attached hydrogens (primary N) is 1. The van der Waals surface area contributed by atoms with Crippen molar-refractivity contribution in [1.82, 2.24) is 5.32 Å². The van der Waals surface area contributed by atoms with E-state index >= 15 is 0 Å². The molecule has 0 aliphatic rings. The zero-order valence-corrected chi connectivity index (χ0v) is 8.00. The van der Waals surface area contributed by atoms with Gasteiger partial charge in [-0.25, -0.2) is 0 Å². The maximum Gasteiger partial charge on any atom is 0.217 e. The van der Waals surface area contributed by atoms with Gasteiger partial charge >= 0.3 is 0 Å². The molecule has 1 aromatic carbocycles. The van der Waals surface area contributed by atoms with Crippen LogP contribution in [0.2, 0.25) is 0 Å². The number of benzene rings is 1. The first-order valence-electron chi connectivity index (χ1n) is 4.27. The van der Waals surface area contributed by atoms with E-state index in [0.717, 1.165) is 5.56 Å². The number of carbonyl (C=O) groups is 1. The highest BCUT2D eigenvalue weighted by atomic mass is 16.1. The summed E-state index contributed by atoms with van der Waals surface area (Å²) in [5.74, 6) is -0.0343. The molecule has 4 N–H and O–H groups in total. The van der Waals surface area contributed by atoms with Gasteiger partial charge in [0.05, 0.1) is 0 Å². The summed E-state index contributed by atoms with van der Waals surface area (Å²) >= 11 is 0. The van der Waals surface area contributed by atoms with Gasteiger partial charge in [0.15, 0.2) is 0 Å². The first-order chi connectivity index (χ1) is 6.59. The Balaban J connectivity index is 2.73. The zero-order chi connectivity index (χ0) is 10.6. The predicted molar refractivity (Wildman–Crippen MR) is 55.0 cm³/mol. The molecule has 4 nitrogen and oxygen atoms in total. The number of nitrogens with one attached hydrogen (secondary N) is 2. The number of carbonyl (C=O) groups excluding carboxylic acids is 1. The van der Waals surface area contributed by atoms with Gasteiger partial charge in [-0.2, -0.15) is 0 Å². The van der Waals surface area contributed by atoms with Gasteiger partial charge in [0.1, 0.15) is 5.84 Å². The zero-order valence-electron chi connectivity index (χ0n) is 8.00. The smallest absolute Gasteiger partial charge is 0.217 e. The molecule has 0 saturated heterocycles. The summed E-state index contributed by atoms with van der Waals surface area (Å²) < 4.78 is 0. The van der Waals surface area contributed by atoms with Crippen LogP contribution in [0.25, 0.3) is 0 Å². The Labute approximate surface area is 82.6 Å². The van der Waals surface area contributed by atoms with Gasteiger partial charge in [-0.1, -0.05) is 18.2 Å². The molecule has 1 rings (SSSR count). The lowest BCUT2D eigenvalue weighted by Gasteiger charge is -2.04. The fraction of sp³-hybridized carbons (Fsp3) is 0.200. The Morgan fingerprint density at radius 3 is 2.86 bits per heavy atom. The summed E-state index contributed by atoms with van der Waals surface area (Å²) in [5, 5.41) is 9.92. The van der Waals surface area contributed by atoms with Crippen molar-refractivity contribution in [2.45, 2.75) is 13.5 Å². The highest BCUT2D eigenvalue weighted by Crippen LogP contribution is 2.04. The topological polar surface area (TPSA) is 79.0 Å². The average molecular weight is 191 g/mol. The summed E-state index contributed by atoms with van der Waals surface area (Å²) in [6, 6.07) is 7.24. The molecule has 0 heterocycles. The van der Waals surface area contributed by atoms with Crippen molar-refractivity contribution in [2.75, 3.05) is 0 Å². The highest BCUT2D eigenvalue weighted by Gasteiger charge is 1.98. The first kappa shape index (κ1) is 10.2. The normalized spacial score (nSPS) is 9.50. The Bertz CT molecular complexity index is 360. The molecule has 0 fully saturated rings. The molecule has 0 atom stereocenters. The molecule has 4 heteroatoms. The van der Waals surface area contributed by atoms with E-state index in [-0.39, 0.29) is 11.7 Å². The maximum atomic E-state index is 10.7. The quantitative estimate of drug-likeness (QED) is 0.483. The van der Waals surface area contributed by atoms with Gasteiger partial charge in [0.2, 0.25) is 5.91 Å². The third kappa shape index (κ3) is 2.90. The van der Waals surface area contributed by atoms with Gasteiger partial charge in [-0.05, 0) is 11.6 Å². The lowest BCUT2D eigenvalue weighted by atomic mass is 10.1. The number of nitrogen functional groups attached to an aromatic ring is 1. The van der Waals surface area contributed by atoms with Crippen molar-refractivity contribution >= 4 is 11.7 Å². The van der Waals surface area contributed by atoms with Crippen molar-refractivity contribution < 1.29 is 4.79 Å². The third-order valence-corrected chi connectivity index (χ3v) is 1.78. The van der Waals surface area contributed by atoms with E-state index < -0.39 is 0 Å². The Kier molecular flexibility index (Phi) is 3.23. The largest absolute Gasteiger partial charge is 0.384 e. The van der Waals surface area contributed by atoms with Crippen LogP contribution in [0.15, 0.2) is 24.3 Å².